The molecule has 1 aromatic carbocycles. The summed E-state index contributed by atoms with van der Waals surface area (Å²) in [5, 5.41) is 8.97. The van der Waals surface area contributed by atoms with Gasteiger partial charge in [0.15, 0.2) is 0 Å². The number of carbonyl (C=O) groups is 3. The zero-order chi connectivity index (χ0) is 22.7. The summed E-state index contributed by atoms with van der Waals surface area (Å²) in [6.45, 7) is 4.24. The Morgan fingerprint density at radius 1 is 1.22 bits per heavy atom. The van der Waals surface area contributed by atoms with E-state index in [1.807, 2.05) is 17.5 Å². The third-order valence-corrected chi connectivity index (χ3v) is 7.48. The van der Waals surface area contributed by atoms with Crippen LogP contribution in [0.5, 0.6) is 0 Å². The van der Waals surface area contributed by atoms with Crippen molar-refractivity contribution in [2.75, 3.05) is 6.54 Å². The second-order valence-corrected chi connectivity index (χ2v) is 9.77. The molecule has 1 atom stereocenters. The van der Waals surface area contributed by atoms with E-state index in [2.05, 4.69) is 54.2 Å². The number of hydrazine groups is 1. The minimum Gasteiger partial charge on any atom is -0.322 e. The molecule has 170 valence electrons. The standard InChI is InChI=1S/C24H30N4O3S/c1-3-17-6-8-18(9-7-17)21(19-5-4-14-32-19)25-15-20(29)27-28-22(30)24(26-23(28)31)12-10-16(2)11-13-24/h4-9,14,16,21,25H,3,10-13,15H2,1-2H3,(H,26,31)(H,27,29)/t16?,21-,24?/m0/s1. The number of nitrogens with one attached hydrogen (secondary N) is 3. The highest BCUT2D eigenvalue weighted by Crippen LogP contribution is 2.35. The summed E-state index contributed by atoms with van der Waals surface area (Å²) in [5.41, 5.74) is 3.94. The lowest BCUT2D eigenvalue weighted by atomic mass is 9.77. The summed E-state index contributed by atoms with van der Waals surface area (Å²) in [7, 11) is 0. The van der Waals surface area contributed by atoms with E-state index in [0.717, 1.165) is 34.7 Å². The monoisotopic (exact) mass is 454 g/mol. The van der Waals surface area contributed by atoms with Crippen molar-refractivity contribution in [1.29, 1.82) is 0 Å². The van der Waals surface area contributed by atoms with Crippen LogP contribution in [0.1, 0.15) is 61.6 Å². The Bertz CT molecular complexity index is 966. The van der Waals surface area contributed by atoms with Crippen LogP contribution in [0, 0.1) is 5.92 Å². The van der Waals surface area contributed by atoms with Crippen LogP contribution in [-0.4, -0.2) is 34.9 Å². The first kappa shape index (κ1) is 22.5. The average Bonchev–Trinajstić information content (AvgIpc) is 3.40. The first-order valence-corrected chi connectivity index (χ1v) is 12.1. The van der Waals surface area contributed by atoms with E-state index >= 15 is 0 Å². The van der Waals surface area contributed by atoms with Crippen LogP contribution in [0.4, 0.5) is 4.79 Å². The van der Waals surface area contributed by atoms with Crippen LogP contribution in [-0.2, 0) is 16.0 Å². The summed E-state index contributed by atoms with van der Waals surface area (Å²) < 4.78 is 0. The molecule has 1 aromatic heterocycles. The molecule has 7 nitrogen and oxygen atoms in total. The molecule has 2 fully saturated rings. The number of benzene rings is 1. The van der Waals surface area contributed by atoms with Gasteiger partial charge in [-0.1, -0.05) is 44.2 Å². The van der Waals surface area contributed by atoms with Gasteiger partial charge in [0.2, 0.25) is 0 Å². The van der Waals surface area contributed by atoms with Crippen molar-refractivity contribution in [2.45, 2.75) is 57.5 Å². The number of thiophene rings is 1. The number of nitrogens with zero attached hydrogens (tertiary/aromatic N) is 1. The fourth-order valence-corrected chi connectivity index (χ4v) is 5.29. The van der Waals surface area contributed by atoms with Gasteiger partial charge in [0.05, 0.1) is 12.6 Å². The fourth-order valence-electron chi connectivity index (χ4n) is 4.46. The van der Waals surface area contributed by atoms with Gasteiger partial charge in [0.25, 0.3) is 11.8 Å². The van der Waals surface area contributed by atoms with Crippen LogP contribution in [0.15, 0.2) is 41.8 Å². The van der Waals surface area contributed by atoms with Crippen molar-refractivity contribution in [3.63, 3.8) is 0 Å². The van der Waals surface area contributed by atoms with Gasteiger partial charge >= 0.3 is 6.03 Å². The van der Waals surface area contributed by atoms with E-state index in [1.165, 1.54) is 5.56 Å². The van der Waals surface area contributed by atoms with Gasteiger partial charge in [-0.05, 0) is 60.6 Å². The first-order chi connectivity index (χ1) is 15.4. The minimum atomic E-state index is -0.870. The quantitative estimate of drug-likeness (QED) is 0.559. The van der Waals surface area contributed by atoms with E-state index in [-0.39, 0.29) is 18.5 Å². The predicted molar refractivity (Wildman–Crippen MR) is 124 cm³/mol. The smallest absolute Gasteiger partial charge is 0.322 e. The molecule has 1 spiro atoms. The Kier molecular flexibility index (Phi) is 6.62. The topological polar surface area (TPSA) is 90.5 Å². The maximum Gasteiger partial charge on any atom is 0.344 e. The molecule has 4 rings (SSSR count). The third-order valence-electron chi connectivity index (χ3n) is 6.54. The molecule has 0 radical (unpaired) electrons. The second-order valence-electron chi connectivity index (χ2n) is 8.79. The van der Waals surface area contributed by atoms with Crippen LogP contribution >= 0.6 is 11.3 Å². The van der Waals surface area contributed by atoms with Gasteiger partial charge in [0.1, 0.15) is 5.54 Å². The first-order valence-electron chi connectivity index (χ1n) is 11.2. The van der Waals surface area contributed by atoms with Crippen LogP contribution in [0.25, 0.3) is 0 Å². The SMILES string of the molecule is CCc1ccc([C@H](NCC(=O)NN2C(=O)NC3(CCC(C)CC3)C2=O)c2cccs2)cc1. The number of urea groups is 1. The molecule has 8 heteroatoms. The van der Waals surface area contributed by atoms with Gasteiger partial charge in [-0.25, -0.2) is 4.79 Å². The predicted octanol–water partition coefficient (Wildman–Crippen LogP) is 3.52. The lowest BCUT2D eigenvalue weighted by molar-refractivity contribution is -0.139. The van der Waals surface area contributed by atoms with E-state index in [9.17, 15) is 14.4 Å². The molecule has 3 N–H and O–H groups in total. The maximum atomic E-state index is 13.0. The summed E-state index contributed by atoms with van der Waals surface area (Å²) in [5.74, 6) is -0.243. The summed E-state index contributed by atoms with van der Waals surface area (Å²) >= 11 is 1.61. The second kappa shape index (κ2) is 9.42. The summed E-state index contributed by atoms with van der Waals surface area (Å²) in [6.07, 6.45) is 3.95. The van der Waals surface area contributed by atoms with Crippen LogP contribution < -0.4 is 16.1 Å². The van der Waals surface area contributed by atoms with Crippen molar-refractivity contribution in [1.82, 2.24) is 21.1 Å². The molecule has 1 aliphatic carbocycles. The molecular formula is C24H30N4O3S. The van der Waals surface area contributed by atoms with Crippen molar-refractivity contribution in [2.24, 2.45) is 5.92 Å². The van der Waals surface area contributed by atoms with Crippen molar-refractivity contribution in [3.8, 4) is 0 Å². The van der Waals surface area contributed by atoms with Crippen LogP contribution in [0.2, 0.25) is 0 Å². The Hall–Kier alpha value is -2.71. The molecule has 1 aliphatic heterocycles. The van der Waals surface area contributed by atoms with Crippen molar-refractivity contribution >= 4 is 29.2 Å². The lowest BCUT2D eigenvalue weighted by Gasteiger charge is -2.33. The number of carbonyl (C=O) groups excluding carboxylic acids is 3. The molecule has 0 bridgehead atoms. The molecular weight excluding hydrogens is 424 g/mol. The zero-order valence-corrected chi connectivity index (χ0v) is 19.3. The largest absolute Gasteiger partial charge is 0.344 e. The number of rotatable bonds is 7. The maximum absolute atomic E-state index is 13.0. The minimum absolute atomic E-state index is 0.0286. The molecule has 0 unspecified atom stereocenters. The molecule has 2 aliphatic rings. The number of hydrogen-bond donors (Lipinski definition) is 3. The van der Waals surface area contributed by atoms with E-state index in [0.29, 0.717) is 18.8 Å². The average molecular weight is 455 g/mol. The molecule has 32 heavy (non-hydrogen) atoms. The Morgan fingerprint density at radius 3 is 2.56 bits per heavy atom. The van der Waals surface area contributed by atoms with Gasteiger partial charge in [0, 0.05) is 4.88 Å². The Balaban J connectivity index is 1.40. The number of aryl methyl sites for hydroxylation is 1. The van der Waals surface area contributed by atoms with E-state index in [1.54, 1.807) is 11.3 Å². The normalized spacial score (nSPS) is 23.9. The van der Waals surface area contributed by atoms with Gasteiger partial charge < -0.3 is 5.32 Å². The lowest BCUT2D eigenvalue weighted by Crippen LogP contribution is -2.52. The highest BCUT2D eigenvalue weighted by atomic mass is 32.1. The van der Waals surface area contributed by atoms with E-state index in [4.69, 9.17) is 0 Å². The third kappa shape index (κ3) is 4.56. The molecule has 4 amide bonds. The molecule has 1 saturated heterocycles. The highest BCUT2D eigenvalue weighted by Gasteiger charge is 2.52. The molecule has 2 aromatic rings. The summed E-state index contributed by atoms with van der Waals surface area (Å²) in [6, 6.07) is 11.6. The molecule has 1 saturated carbocycles. The Morgan fingerprint density at radius 2 is 1.94 bits per heavy atom. The zero-order valence-electron chi connectivity index (χ0n) is 18.5. The fraction of sp³-hybridized carbons (Fsp3) is 0.458. The molecule has 2 heterocycles. The number of hydrogen-bond acceptors (Lipinski definition) is 5. The van der Waals surface area contributed by atoms with Crippen molar-refractivity contribution in [3.05, 3.63) is 57.8 Å². The van der Waals surface area contributed by atoms with Gasteiger partial charge in [-0.2, -0.15) is 5.01 Å². The number of amides is 4. The Labute approximate surface area is 192 Å². The van der Waals surface area contributed by atoms with Gasteiger partial charge in [-0.15, -0.1) is 11.3 Å². The van der Waals surface area contributed by atoms with Gasteiger partial charge in [-0.3, -0.25) is 20.3 Å². The summed E-state index contributed by atoms with van der Waals surface area (Å²) in [4.78, 5) is 39.2. The van der Waals surface area contributed by atoms with Crippen LogP contribution in [0.3, 0.4) is 0 Å². The highest BCUT2D eigenvalue weighted by molar-refractivity contribution is 7.10. The van der Waals surface area contributed by atoms with E-state index < -0.39 is 17.5 Å². The van der Waals surface area contributed by atoms with Crippen molar-refractivity contribution < 1.29 is 14.4 Å². The number of imide groups is 1.